The Kier molecular flexibility index (Phi) is 4.92. The summed E-state index contributed by atoms with van der Waals surface area (Å²) in [5.41, 5.74) is 5.25. The van der Waals surface area contributed by atoms with Crippen LogP contribution in [-0.2, 0) is 4.74 Å². The molecule has 3 rings (SSSR count). The number of nitrogens with zero attached hydrogens (tertiary/aromatic N) is 3. The van der Waals surface area contributed by atoms with Crippen LogP contribution in [0.3, 0.4) is 0 Å². The molecule has 0 aliphatic carbocycles. The van der Waals surface area contributed by atoms with Crippen LogP contribution in [0.15, 0.2) is 28.3 Å². The molecule has 0 unspecified atom stereocenters. The van der Waals surface area contributed by atoms with Crippen molar-refractivity contribution in [1.82, 2.24) is 5.43 Å². The molecule has 2 heterocycles. The lowest BCUT2D eigenvalue weighted by Gasteiger charge is -2.15. The molecular weight excluding hydrogens is 316 g/mol. The Balaban J connectivity index is 1.67. The fourth-order valence-corrected chi connectivity index (χ4v) is 3.28. The summed E-state index contributed by atoms with van der Waals surface area (Å²) in [4.78, 5) is 15.2. The average Bonchev–Trinajstić information content (AvgIpc) is 3.07. The maximum Gasteiger partial charge on any atom is 0.272 e. The van der Waals surface area contributed by atoms with Crippen LogP contribution < -0.4 is 5.43 Å². The summed E-state index contributed by atoms with van der Waals surface area (Å²) in [5, 5.41) is 16.1. The monoisotopic (exact) mass is 334 g/mol. The highest BCUT2D eigenvalue weighted by molar-refractivity contribution is 8.14. The summed E-state index contributed by atoms with van der Waals surface area (Å²) >= 11 is 1.55. The summed E-state index contributed by atoms with van der Waals surface area (Å²) in [6, 6.07) is 5.19. The number of aliphatic imine (C=N–C) groups is 1. The minimum Gasteiger partial charge on any atom is -0.376 e. The van der Waals surface area contributed by atoms with E-state index in [0.29, 0.717) is 17.9 Å². The summed E-state index contributed by atoms with van der Waals surface area (Å²) in [5.74, 6) is 0.636. The molecule has 0 aromatic heterocycles. The Hall–Kier alpha value is -1.93. The lowest BCUT2D eigenvalue weighted by atomic mass is 10.1. The number of nitrogens with one attached hydrogen (secondary N) is 1. The number of nitro groups is 1. The predicted octanol–water partition coefficient (Wildman–Crippen LogP) is 2.48. The molecule has 0 spiro atoms. The van der Waals surface area contributed by atoms with Gasteiger partial charge < -0.3 is 4.74 Å². The fourth-order valence-electron chi connectivity index (χ4n) is 2.50. The van der Waals surface area contributed by atoms with Crippen LogP contribution in [0.5, 0.6) is 0 Å². The van der Waals surface area contributed by atoms with Gasteiger partial charge in [-0.2, -0.15) is 5.10 Å². The van der Waals surface area contributed by atoms with E-state index in [1.54, 1.807) is 30.8 Å². The second-order valence-electron chi connectivity index (χ2n) is 5.50. The number of benzene rings is 1. The normalized spacial score (nSPS) is 22.7. The van der Waals surface area contributed by atoms with E-state index in [1.165, 1.54) is 0 Å². The van der Waals surface area contributed by atoms with Crippen molar-refractivity contribution < 1.29 is 9.66 Å². The van der Waals surface area contributed by atoms with Gasteiger partial charge >= 0.3 is 0 Å². The second kappa shape index (κ2) is 7.10. The molecule has 23 heavy (non-hydrogen) atoms. The van der Waals surface area contributed by atoms with E-state index in [-0.39, 0.29) is 16.7 Å². The molecule has 2 aliphatic heterocycles. The Morgan fingerprint density at radius 3 is 3.09 bits per heavy atom. The van der Waals surface area contributed by atoms with E-state index in [1.807, 2.05) is 6.07 Å². The maximum absolute atomic E-state index is 11.0. The Morgan fingerprint density at radius 1 is 1.57 bits per heavy atom. The standard InChI is InChI=1S/C15H18N4O3S/c1-10-4-5-11(7-14(10)19(20)21)13-9-23-15(18-17-13)16-8-12-3-2-6-22-12/h4-5,7,12H,2-3,6,8-9H2,1H3,(H,16,18)/t12-/m0/s1. The topological polar surface area (TPSA) is 89.1 Å². The van der Waals surface area contributed by atoms with Gasteiger partial charge in [0.2, 0.25) is 0 Å². The van der Waals surface area contributed by atoms with Crippen LogP contribution in [0.2, 0.25) is 0 Å². The molecule has 1 aromatic rings. The van der Waals surface area contributed by atoms with Crippen molar-refractivity contribution in [3.05, 3.63) is 39.4 Å². The molecule has 0 bridgehead atoms. The first-order chi connectivity index (χ1) is 11.1. The number of amidine groups is 1. The average molecular weight is 334 g/mol. The highest BCUT2D eigenvalue weighted by atomic mass is 32.2. The van der Waals surface area contributed by atoms with Gasteiger partial charge in [0, 0.05) is 29.6 Å². The third kappa shape index (κ3) is 3.89. The number of rotatable bonds is 4. The molecule has 0 radical (unpaired) electrons. The van der Waals surface area contributed by atoms with Crippen molar-refractivity contribution in [2.45, 2.75) is 25.9 Å². The van der Waals surface area contributed by atoms with Crippen molar-refractivity contribution >= 4 is 28.3 Å². The number of hydrogen-bond acceptors (Lipinski definition) is 6. The van der Waals surface area contributed by atoms with Crippen molar-refractivity contribution in [1.29, 1.82) is 0 Å². The van der Waals surface area contributed by atoms with Gasteiger partial charge in [-0.1, -0.05) is 23.9 Å². The molecule has 0 saturated carbocycles. The fraction of sp³-hybridized carbons (Fsp3) is 0.467. The number of hydrazone groups is 1. The smallest absolute Gasteiger partial charge is 0.272 e. The van der Waals surface area contributed by atoms with Crippen LogP contribution in [0.25, 0.3) is 0 Å². The van der Waals surface area contributed by atoms with Gasteiger partial charge in [-0.15, -0.1) is 0 Å². The quantitative estimate of drug-likeness (QED) is 0.675. The molecular formula is C15H18N4O3S. The predicted molar refractivity (Wildman–Crippen MR) is 91.2 cm³/mol. The van der Waals surface area contributed by atoms with Gasteiger partial charge in [0.05, 0.1) is 23.3 Å². The molecule has 8 heteroatoms. The summed E-state index contributed by atoms with van der Waals surface area (Å²) < 4.78 is 5.54. The van der Waals surface area contributed by atoms with E-state index < -0.39 is 0 Å². The van der Waals surface area contributed by atoms with Crippen molar-refractivity contribution in [3.63, 3.8) is 0 Å². The molecule has 0 amide bonds. The van der Waals surface area contributed by atoms with Crippen LogP contribution in [0, 0.1) is 17.0 Å². The number of nitro benzene ring substituents is 1. The van der Waals surface area contributed by atoms with Crippen LogP contribution >= 0.6 is 11.8 Å². The molecule has 1 aromatic carbocycles. The molecule has 2 aliphatic rings. The first-order valence-corrected chi connectivity index (χ1v) is 8.49. The third-order valence-electron chi connectivity index (χ3n) is 3.83. The van der Waals surface area contributed by atoms with Gasteiger partial charge in [0.25, 0.3) is 5.69 Å². The van der Waals surface area contributed by atoms with Gasteiger partial charge in [0.15, 0.2) is 5.17 Å². The zero-order valence-electron chi connectivity index (χ0n) is 12.8. The SMILES string of the molecule is Cc1ccc(C2=NNC(=NC[C@@H]3CCCO3)SC2)cc1[N+](=O)[O-]. The van der Waals surface area contributed by atoms with E-state index in [0.717, 1.165) is 35.9 Å². The lowest BCUT2D eigenvalue weighted by molar-refractivity contribution is -0.385. The zero-order valence-corrected chi connectivity index (χ0v) is 13.6. The third-order valence-corrected chi connectivity index (χ3v) is 4.75. The van der Waals surface area contributed by atoms with Crippen LogP contribution in [0.1, 0.15) is 24.0 Å². The minimum absolute atomic E-state index is 0.119. The zero-order chi connectivity index (χ0) is 16.2. The summed E-state index contributed by atoms with van der Waals surface area (Å²) in [6.07, 6.45) is 2.38. The second-order valence-corrected chi connectivity index (χ2v) is 6.46. The largest absolute Gasteiger partial charge is 0.376 e. The molecule has 122 valence electrons. The van der Waals surface area contributed by atoms with Crippen LogP contribution in [-0.4, -0.2) is 40.8 Å². The Morgan fingerprint density at radius 2 is 2.43 bits per heavy atom. The van der Waals surface area contributed by atoms with E-state index in [2.05, 4.69) is 15.5 Å². The van der Waals surface area contributed by atoms with E-state index >= 15 is 0 Å². The van der Waals surface area contributed by atoms with Gasteiger partial charge in [-0.25, -0.2) is 0 Å². The van der Waals surface area contributed by atoms with Gasteiger partial charge in [-0.05, 0) is 19.8 Å². The minimum atomic E-state index is -0.364. The lowest BCUT2D eigenvalue weighted by Crippen LogP contribution is -2.26. The Bertz CT molecular complexity index is 669. The van der Waals surface area contributed by atoms with Crippen LogP contribution in [0.4, 0.5) is 5.69 Å². The summed E-state index contributed by atoms with van der Waals surface area (Å²) in [7, 11) is 0. The molecule has 1 saturated heterocycles. The molecule has 1 atom stereocenters. The van der Waals surface area contributed by atoms with E-state index in [4.69, 9.17) is 4.74 Å². The highest BCUT2D eigenvalue weighted by Crippen LogP contribution is 2.22. The number of ether oxygens (including phenoxy) is 1. The first kappa shape index (κ1) is 15.9. The number of hydrogen-bond donors (Lipinski definition) is 1. The highest BCUT2D eigenvalue weighted by Gasteiger charge is 2.19. The first-order valence-electron chi connectivity index (χ1n) is 7.50. The van der Waals surface area contributed by atoms with Gasteiger partial charge in [0.1, 0.15) is 0 Å². The summed E-state index contributed by atoms with van der Waals surface area (Å²) in [6.45, 7) is 3.20. The maximum atomic E-state index is 11.0. The van der Waals surface area contributed by atoms with Gasteiger partial charge in [-0.3, -0.25) is 20.5 Å². The van der Waals surface area contributed by atoms with Crippen molar-refractivity contribution in [3.8, 4) is 0 Å². The molecule has 7 nitrogen and oxygen atoms in total. The Labute approximate surface area is 138 Å². The van der Waals surface area contributed by atoms with E-state index in [9.17, 15) is 10.1 Å². The number of thioether (sulfide) groups is 1. The van der Waals surface area contributed by atoms with Crippen molar-refractivity contribution in [2.24, 2.45) is 10.1 Å². The molecule has 1 fully saturated rings. The number of aryl methyl sites for hydroxylation is 1. The van der Waals surface area contributed by atoms with Crippen molar-refractivity contribution in [2.75, 3.05) is 18.9 Å². The molecule has 1 N–H and O–H groups in total.